The molecule has 0 fully saturated rings. The maximum absolute atomic E-state index is 12.0. The molecule has 1 atom stereocenters. The maximum atomic E-state index is 12.0. The highest BCUT2D eigenvalue weighted by molar-refractivity contribution is 7.18. The van der Waals surface area contributed by atoms with Crippen LogP contribution in [-0.2, 0) is 16.0 Å². The Hall–Kier alpha value is -2.24. The van der Waals surface area contributed by atoms with Crippen molar-refractivity contribution >= 4 is 27.5 Å². The fourth-order valence-corrected chi connectivity index (χ4v) is 3.90. The first-order valence-electron chi connectivity index (χ1n) is 9.50. The largest absolute Gasteiger partial charge is 0.374 e. The van der Waals surface area contributed by atoms with E-state index in [4.69, 9.17) is 4.74 Å². The third-order valence-electron chi connectivity index (χ3n) is 4.41. The number of nitrogens with one attached hydrogen (secondary N) is 1. The highest BCUT2D eigenvalue weighted by atomic mass is 32.1. The minimum Gasteiger partial charge on any atom is -0.374 e. The number of carbonyl (C=O) groups excluding carboxylic acids is 1. The van der Waals surface area contributed by atoms with E-state index in [1.807, 2.05) is 36.4 Å². The van der Waals surface area contributed by atoms with Crippen molar-refractivity contribution in [1.29, 1.82) is 0 Å². The molecule has 0 aliphatic heterocycles. The molecule has 0 saturated carbocycles. The predicted molar refractivity (Wildman–Crippen MR) is 111 cm³/mol. The van der Waals surface area contributed by atoms with Crippen LogP contribution < -0.4 is 5.32 Å². The molecule has 0 aliphatic rings. The Labute approximate surface area is 164 Å². The molecular formula is C22H26N2O2S. The van der Waals surface area contributed by atoms with Crippen molar-refractivity contribution < 1.29 is 9.53 Å². The van der Waals surface area contributed by atoms with Gasteiger partial charge in [-0.25, -0.2) is 4.98 Å². The number of carbonyl (C=O) groups is 1. The number of benzene rings is 2. The van der Waals surface area contributed by atoms with Gasteiger partial charge >= 0.3 is 0 Å². The number of thiazole rings is 1. The summed E-state index contributed by atoms with van der Waals surface area (Å²) in [6, 6.07) is 18.3. The van der Waals surface area contributed by atoms with Crippen LogP contribution in [0.25, 0.3) is 10.2 Å². The minimum atomic E-state index is 0.0794. The Morgan fingerprint density at radius 1 is 1.11 bits per heavy atom. The van der Waals surface area contributed by atoms with Crippen LogP contribution in [-0.4, -0.2) is 24.0 Å². The summed E-state index contributed by atoms with van der Waals surface area (Å²) in [5.74, 6) is 0.104. The lowest BCUT2D eigenvalue weighted by Crippen LogP contribution is -2.25. The van der Waals surface area contributed by atoms with Gasteiger partial charge in [-0.15, -0.1) is 11.3 Å². The second-order valence-electron chi connectivity index (χ2n) is 6.56. The lowest BCUT2D eigenvalue weighted by molar-refractivity contribution is -0.121. The molecule has 0 saturated heterocycles. The van der Waals surface area contributed by atoms with Crippen molar-refractivity contribution in [1.82, 2.24) is 10.3 Å². The van der Waals surface area contributed by atoms with Gasteiger partial charge in [0.05, 0.1) is 21.3 Å². The summed E-state index contributed by atoms with van der Waals surface area (Å²) >= 11 is 1.71. The zero-order valence-corrected chi connectivity index (χ0v) is 16.5. The van der Waals surface area contributed by atoms with Gasteiger partial charge in [-0.05, 0) is 43.9 Å². The van der Waals surface area contributed by atoms with Crippen LogP contribution in [0.4, 0.5) is 0 Å². The standard InChI is InChI=1S/C22H26N2O2S/c1-17(18-9-3-2-4-10-18)26-16-8-15-23-21(25)13-7-14-22-24-19-11-5-6-12-20(19)27-22/h2-6,9-12,17H,7-8,13-16H2,1H3,(H,23,25)/t17-/m1/s1. The third-order valence-corrected chi connectivity index (χ3v) is 5.51. The van der Waals surface area contributed by atoms with Crippen molar-refractivity contribution in [3.8, 4) is 0 Å². The summed E-state index contributed by atoms with van der Waals surface area (Å²) in [5, 5.41) is 4.08. The average Bonchev–Trinajstić information content (AvgIpc) is 3.11. The molecule has 5 heteroatoms. The summed E-state index contributed by atoms with van der Waals surface area (Å²) in [4.78, 5) is 16.6. The third kappa shape index (κ3) is 6.15. The molecular weight excluding hydrogens is 356 g/mol. The first kappa shape index (κ1) is 19.5. The summed E-state index contributed by atoms with van der Waals surface area (Å²) in [6.07, 6.45) is 3.12. The number of nitrogens with zero attached hydrogens (tertiary/aromatic N) is 1. The molecule has 4 nitrogen and oxygen atoms in total. The van der Waals surface area contributed by atoms with E-state index in [1.54, 1.807) is 11.3 Å². The Morgan fingerprint density at radius 3 is 2.70 bits per heavy atom. The molecule has 0 spiro atoms. The summed E-state index contributed by atoms with van der Waals surface area (Å²) in [6.45, 7) is 3.35. The van der Waals surface area contributed by atoms with E-state index in [-0.39, 0.29) is 12.0 Å². The number of ether oxygens (including phenoxy) is 1. The Morgan fingerprint density at radius 2 is 1.89 bits per heavy atom. The van der Waals surface area contributed by atoms with Gasteiger partial charge in [0.15, 0.2) is 0 Å². The highest BCUT2D eigenvalue weighted by Gasteiger charge is 2.07. The smallest absolute Gasteiger partial charge is 0.220 e. The quantitative estimate of drug-likeness (QED) is 0.507. The number of aromatic nitrogens is 1. The normalized spacial score (nSPS) is 12.2. The lowest BCUT2D eigenvalue weighted by Gasteiger charge is -2.13. The molecule has 0 radical (unpaired) electrons. The molecule has 2 aromatic carbocycles. The molecule has 3 rings (SSSR count). The van der Waals surface area contributed by atoms with Gasteiger partial charge in [-0.3, -0.25) is 4.79 Å². The fourth-order valence-electron chi connectivity index (χ4n) is 2.90. The molecule has 1 aromatic heterocycles. The van der Waals surface area contributed by atoms with Crippen LogP contribution in [0.1, 0.15) is 42.9 Å². The number of hydrogen-bond acceptors (Lipinski definition) is 4. The van der Waals surface area contributed by atoms with Crippen molar-refractivity contribution in [3.05, 3.63) is 65.2 Å². The summed E-state index contributed by atoms with van der Waals surface area (Å²) in [5.41, 5.74) is 2.23. The highest BCUT2D eigenvalue weighted by Crippen LogP contribution is 2.22. The van der Waals surface area contributed by atoms with Gasteiger partial charge in [0.1, 0.15) is 0 Å². The second kappa shape index (κ2) is 10.2. The van der Waals surface area contributed by atoms with Crippen LogP contribution in [0.5, 0.6) is 0 Å². The molecule has 1 amide bonds. The van der Waals surface area contributed by atoms with E-state index in [9.17, 15) is 4.79 Å². The fraction of sp³-hybridized carbons (Fsp3) is 0.364. The van der Waals surface area contributed by atoms with Gasteiger partial charge in [0, 0.05) is 19.6 Å². The van der Waals surface area contributed by atoms with E-state index >= 15 is 0 Å². The van der Waals surface area contributed by atoms with E-state index in [1.165, 1.54) is 10.3 Å². The number of para-hydroxylation sites is 1. The van der Waals surface area contributed by atoms with Crippen molar-refractivity contribution in [2.45, 2.75) is 38.7 Å². The topological polar surface area (TPSA) is 51.2 Å². The number of amides is 1. The van der Waals surface area contributed by atoms with E-state index < -0.39 is 0 Å². The molecule has 27 heavy (non-hydrogen) atoms. The number of aryl methyl sites for hydroxylation is 1. The maximum Gasteiger partial charge on any atom is 0.220 e. The molecule has 0 unspecified atom stereocenters. The zero-order chi connectivity index (χ0) is 18.9. The van der Waals surface area contributed by atoms with E-state index in [0.717, 1.165) is 29.8 Å². The van der Waals surface area contributed by atoms with Gasteiger partial charge in [-0.2, -0.15) is 0 Å². The van der Waals surface area contributed by atoms with Crippen molar-refractivity contribution in [2.24, 2.45) is 0 Å². The molecule has 1 heterocycles. The molecule has 0 aliphatic carbocycles. The van der Waals surface area contributed by atoms with Crippen molar-refractivity contribution in [2.75, 3.05) is 13.2 Å². The minimum absolute atomic E-state index is 0.0794. The van der Waals surface area contributed by atoms with Crippen molar-refractivity contribution in [3.63, 3.8) is 0 Å². The Kier molecular flexibility index (Phi) is 7.36. The first-order valence-corrected chi connectivity index (χ1v) is 10.3. The molecule has 1 N–H and O–H groups in total. The first-order chi connectivity index (χ1) is 13.2. The van der Waals surface area contributed by atoms with Crippen LogP contribution in [0.3, 0.4) is 0 Å². The SMILES string of the molecule is C[C@@H](OCCCNC(=O)CCCc1nc2ccccc2s1)c1ccccc1. The molecule has 0 bridgehead atoms. The van der Waals surface area contributed by atoms with E-state index in [2.05, 4.69) is 35.4 Å². The molecule has 142 valence electrons. The summed E-state index contributed by atoms with van der Waals surface area (Å²) < 4.78 is 7.03. The average molecular weight is 383 g/mol. The van der Waals surface area contributed by atoms with E-state index in [0.29, 0.717) is 19.6 Å². The van der Waals surface area contributed by atoms with Crippen LogP contribution in [0.2, 0.25) is 0 Å². The number of hydrogen-bond donors (Lipinski definition) is 1. The van der Waals surface area contributed by atoms with Crippen LogP contribution >= 0.6 is 11.3 Å². The number of fused-ring (bicyclic) bond motifs is 1. The predicted octanol–water partition coefficient (Wildman–Crippen LogP) is 4.90. The second-order valence-corrected chi connectivity index (χ2v) is 7.67. The van der Waals surface area contributed by atoms with Gasteiger partial charge in [-0.1, -0.05) is 42.5 Å². The zero-order valence-electron chi connectivity index (χ0n) is 15.7. The van der Waals surface area contributed by atoms with Gasteiger partial charge in [0.25, 0.3) is 0 Å². The summed E-state index contributed by atoms with van der Waals surface area (Å²) in [7, 11) is 0. The lowest BCUT2D eigenvalue weighted by atomic mass is 10.1. The van der Waals surface area contributed by atoms with Crippen LogP contribution in [0, 0.1) is 0 Å². The monoisotopic (exact) mass is 382 g/mol. The van der Waals surface area contributed by atoms with Gasteiger partial charge in [0.2, 0.25) is 5.91 Å². The number of rotatable bonds is 10. The molecule has 3 aromatic rings. The van der Waals surface area contributed by atoms with Crippen LogP contribution in [0.15, 0.2) is 54.6 Å². The Balaban J connectivity index is 1.26. The van der Waals surface area contributed by atoms with Gasteiger partial charge < -0.3 is 10.1 Å². The Bertz CT molecular complexity index is 815.